The maximum absolute atomic E-state index is 7.00. The third-order valence-corrected chi connectivity index (χ3v) is 2.33. The number of hydrogen-bond acceptors (Lipinski definition) is 2. The summed E-state index contributed by atoms with van der Waals surface area (Å²) >= 11 is 0. The van der Waals surface area contributed by atoms with Crippen molar-refractivity contribution in [2.24, 2.45) is 5.92 Å². The van der Waals surface area contributed by atoms with E-state index in [9.17, 15) is 0 Å². The molecule has 1 unspecified atom stereocenters. The number of aliphatic hydroxyl groups excluding tert-OH is 2. The van der Waals surface area contributed by atoms with Crippen molar-refractivity contribution in [1.29, 1.82) is 0 Å². The van der Waals surface area contributed by atoms with Crippen LogP contribution in [-0.4, -0.2) is 24.4 Å². The zero-order chi connectivity index (χ0) is 11.6. The highest BCUT2D eigenvalue weighted by Crippen LogP contribution is 2.27. The lowest BCUT2D eigenvalue weighted by Gasteiger charge is -2.19. The summed E-state index contributed by atoms with van der Waals surface area (Å²) in [6.45, 7) is 8.33. The first-order valence-corrected chi connectivity index (χ1v) is 4.90. The molecule has 2 N–H and O–H groups in total. The van der Waals surface area contributed by atoms with Crippen LogP contribution in [-0.2, 0) is 0 Å². The van der Waals surface area contributed by atoms with E-state index >= 15 is 0 Å². The monoisotopic (exact) mass is 200 g/mol. The summed E-state index contributed by atoms with van der Waals surface area (Å²) in [5, 5.41) is 14.0. The van der Waals surface area contributed by atoms with Gasteiger partial charge in [0.1, 0.15) is 0 Å². The van der Waals surface area contributed by atoms with Gasteiger partial charge in [0.15, 0.2) is 0 Å². The van der Waals surface area contributed by atoms with Crippen LogP contribution in [0.1, 0.15) is 33.1 Å². The fraction of sp³-hybridized carbons (Fsp3) is 0.667. The summed E-state index contributed by atoms with van der Waals surface area (Å²) in [6, 6.07) is 0. The first-order chi connectivity index (χ1) is 6.70. The van der Waals surface area contributed by atoms with Gasteiger partial charge in [-0.3, -0.25) is 0 Å². The number of hydrogen-bond donors (Lipinski definition) is 2. The Kier molecular flexibility index (Phi) is 11.9. The van der Waals surface area contributed by atoms with Crippen molar-refractivity contribution in [3.8, 4) is 0 Å². The Morgan fingerprint density at radius 1 is 1.36 bits per heavy atom. The fourth-order valence-electron chi connectivity index (χ4n) is 1.41. The molecule has 0 fully saturated rings. The minimum absolute atomic E-state index is 0.767. The van der Waals surface area contributed by atoms with E-state index in [0.29, 0.717) is 0 Å². The van der Waals surface area contributed by atoms with E-state index in [4.69, 9.17) is 10.2 Å². The average molecular weight is 200 g/mol. The molecular formula is C12H24O2. The van der Waals surface area contributed by atoms with Crippen LogP contribution in [0.2, 0.25) is 0 Å². The van der Waals surface area contributed by atoms with Gasteiger partial charge in [-0.2, -0.15) is 0 Å². The van der Waals surface area contributed by atoms with Gasteiger partial charge >= 0.3 is 0 Å². The van der Waals surface area contributed by atoms with Crippen LogP contribution in [0.4, 0.5) is 0 Å². The number of aliphatic hydroxyl groups is 2. The molecule has 0 aromatic heterocycles. The second-order valence-electron chi connectivity index (χ2n) is 3.37. The molecule has 0 aromatic rings. The van der Waals surface area contributed by atoms with Crippen LogP contribution in [0.25, 0.3) is 0 Å². The maximum Gasteiger partial charge on any atom is 0.0319 e. The van der Waals surface area contributed by atoms with Crippen molar-refractivity contribution in [3.63, 3.8) is 0 Å². The Morgan fingerprint density at radius 3 is 2.14 bits per heavy atom. The molecule has 2 heteroatoms. The molecule has 0 heterocycles. The highest BCUT2D eigenvalue weighted by Gasteiger charge is 2.11. The summed E-state index contributed by atoms with van der Waals surface area (Å²) in [5.74, 6) is 0.767. The minimum Gasteiger partial charge on any atom is -0.400 e. The second kappa shape index (κ2) is 10.5. The average Bonchev–Trinajstić information content (AvgIpc) is 2.24. The standard InChI is InChI=1S/C10H16.2CH4O/c1-8(2)10-6-4-9(3)5-7-10;2*1-2/h4,10H,1,5-7H2,2-3H3;2*2H,1H3. The van der Waals surface area contributed by atoms with Crippen LogP contribution in [0.5, 0.6) is 0 Å². The van der Waals surface area contributed by atoms with Crippen molar-refractivity contribution in [2.75, 3.05) is 14.2 Å². The molecule has 0 aromatic carbocycles. The first-order valence-electron chi connectivity index (χ1n) is 4.90. The Balaban J connectivity index is 0. The molecule has 0 saturated carbocycles. The zero-order valence-corrected chi connectivity index (χ0v) is 9.88. The Labute approximate surface area is 88.0 Å². The molecule has 2 nitrogen and oxygen atoms in total. The van der Waals surface area contributed by atoms with Crippen LogP contribution >= 0.6 is 0 Å². The maximum atomic E-state index is 7.00. The molecule has 14 heavy (non-hydrogen) atoms. The summed E-state index contributed by atoms with van der Waals surface area (Å²) < 4.78 is 0. The van der Waals surface area contributed by atoms with E-state index in [1.807, 2.05) is 0 Å². The molecule has 0 spiro atoms. The van der Waals surface area contributed by atoms with E-state index < -0.39 is 0 Å². The lowest BCUT2D eigenvalue weighted by atomic mass is 9.86. The molecule has 0 saturated heterocycles. The van der Waals surface area contributed by atoms with Gasteiger partial charge in [-0.05, 0) is 39.0 Å². The Morgan fingerprint density at radius 2 is 1.86 bits per heavy atom. The third kappa shape index (κ3) is 6.87. The number of allylic oxidation sites excluding steroid dienone is 3. The molecule has 1 rings (SSSR count). The van der Waals surface area contributed by atoms with E-state index in [1.165, 1.54) is 24.8 Å². The molecule has 0 amide bonds. The van der Waals surface area contributed by atoms with Gasteiger partial charge in [0.2, 0.25) is 0 Å². The number of rotatable bonds is 1. The van der Waals surface area contributed by atoms with Gasteiger partial charge < -0.3 is 10.2 Å². The van der Waals surface area contributed by atoms with Gasteiger partial charge in [0.05, 0.1) is 0 Å². The predicted octanol–water partition coefficient (Wildman–Crippen LogP) is 2.53. The summed E-state index contributed by atoms with van der Waals surface area (Å²) in [6.07, 6.45) is 6.17. The van der Waals surface area contributed by atoms with Crippen LogP contribution < -0.4 is 0 Å². The van der Waals surface area contributed by atoms with Gasteiger partial charge in [-0.15, -0.1) is 0 Å². The van der Waals surface area contributed by atoms with Crippen molar-refractivity contribution in [3.05, 3.63) is 23.8 Å². The highest BCUT2D eigenvalue weighted by atomic mass is 16.2. The molecule has 1 atom stereocenters. The van der Waals surface area contributed by atoms with Gasteiger partial charge in [0.25, 0.3) is 0 Å². The van der Waals surface area contributed by atoms with Gasteiger partial charge in [-0.25, -0.2) is 0 Å². The predicted molar refractivity (Wildman–Crippen MR) is 62.2 cm³/mol. The van der Waals surface area contributed by atoms with Crippen molar-refractivity contribution < 1.29 is 10.2 Å². The third-order valence-electron chi connectivity index (χ3n) is 2.33. The summed E-state index contributed by atoms with van der Waals surface area (Å²) in [7, 11) is 2.00. The highest BCUT2D eigenvalue weighted by molar-refractivity contribution is 5.09. The van der Waals surface area contributed by atoms with Crippen LogP contribution in [0.15, 0.2) is 23.8 Å². The van der Waals surface area contributed by atoms with Crippen LogP contribution in [0, 0.1) is 5.92 Å². The molecule has 0 radical (unpaired) electrons. The Bertz CT molecular complexity index is 171. The van der Waals surface area contributed by atoms with Crippen molar-refractivity contribution in [1.82, 2.24) is 0 Å². The van der Waals surface area contributed by atoms with Gasteiger partial charge in [-0.1, -0.05) is 23.8 Å². The zero-order valence-electron chi connectivity index (χ0n) is 9.88. The molecule has 0 aliphatic heterocycles. The van der Waals surface area contributed by atoms with E-state index in [-0.39, 0.29) is 0 Å². The summed E-state index contributed by atoms with van der Waals surface area (Å²) in [4.78, 5) is 0. The van der Waals surface area contributed by atoms with E-state index in [0.717, 1.165) is 20.1 Å². The SMILES string of the molecule is C=C(C)C1CC=C(C)CC1.CO.CO. The van der Waals surface area contributed by atoms with Crippen molar-refractivity contribution in [2.45, 2.75) is 33.1 Å². The molecule has 1 aliphatic rings. The lowest BCUT2D eigenvalue weighted by molar-refractivity contribution is 0.399. The topological polar surface area (TPSA) is 40.5 Å². The quantitative estimate of drug-likeness (QED) is 0.639. The lowest BCUT2D eigenvalue weighted by Crippen LogP contribution is -2.04. The summed E-state index contributed by atoms with van der Waals surface area (Å²) in [5.41, 5.74) is 2.90. The minimum atomic E-state index is 0.767. The Hall–Kier alpha value is -0.600. The fourth-order valence-corrected chi connectivity index (χ4v) is 1.41. The largest absolute Gasteiger partial charge is 0.400 e. The molecule has 1 aliphatic carbocycles. The van der Waals surface area contributed by atoms with Gasteiger partial charge in [0, 0.05) is 14.2 Å². The van der Waals surface area contributed by atoms with Crippen LogP contribution in [0.3, 0.4) is 0 Å². The first kappa shape index (κ1) is 15.9. The van der Waals surface area contributed by atoms with Crippen molar-refractivity contribution >= 4 is 0 Å². The smallest absolute Gasteiger partial charge is 0.0319 e. The normalized spacial score (nSPS) is 19.3. The van der Waals surface area contributed by atoms with E-state index in [2.05, 4.69) is 26.5 Å². The second-order valence-corrected chi connectivity index (χ2v) is 3.37. The molecule has 84 valence electrons. The molecular weight excluding hydrogens is 176 g/mol. The molecule has 0 bridgehead atoms. The van der Waals surface area contributed by atoms with E-state index in [1.54, 1.807) is 5.57 Å².